The lowest BCUT2D eigenvalue weighted by atomic mass is 9.99. The van der Waals surface area contributed by atoms with Gasteiger partial charge in [0, 0.05) is 12.5 Å². The zero-order valence-corrected chi connectivity index (χ0v) is 18.5. The highest BCUT2D eigenvalue weighted by Crippen LogP contribution is 2.51. The summed E-state index contributed by atoms with van der Waals surface area (Å²) in [7, 11) is 0. The third kappa shape index (κ3) is 5.13. The van der Waals surface area contributed by atoms with E-state index in [0.29, 0.717) is 24.8 Å². The quantitative estimate of drug-likeness (QED) is 0.691. The summed E-state index contributed by atoms with van der Waals surface area (Å²) in [4.78, 5) is 28.6. The molecule has 1 aliphatic heterocycles. The number of hydrogen-bond donors (Lipinski definition) is 1. The lowest BCUT2D eigenvalue weighted by Gasteiger charge is -2.33. The van der Waals surface area contributed by atoms with Crippen molar-refractivity contribution in [1.29, 1.82) is 10.5 Å². The van der Waals surface area contributed by atoms with Crippen molar-refractivity contribution in [3.8, 4) is 23.3 Å². The number of hydrogen-bond acceptors (Lipinski definition) is 6. The summed E-state index contributed by atoms with van der Waals surface area (Å²) in [6.45, 7) is -0.000300. The molecule has 0 aromatic heterocycles. The van der Waals surface area contributed by atoms with E-state index in [0.717, 1.165) is 21.8 Å². The number of carbonyl (C=O) groups is 2. The molecule has 1 saturated heterocycles. The molecule has 7 nitrogen and oxygen atoms in total. The molecule has 4 rings (SSSR count). The van der Waals surface area contributed by atoms with Gasteiger partial charge in [-0.25, -0.2) is 4.79 Å². The van der Waals surface area contributed by atoms with E-state index in [-0.39, 0.29) is 18.9 Å². The van der Waals surface area contributed by atoms with E-state index in [2.05, 4.69) is 22.3 Å². The van der Waals surface area contributed by atoms with Crippen LogP contribution in [0.3, 0.4) is 0 Å². The van der Waals surface area contributed by atoms with Gasteiger partial charge < -0.3 is 10.2 Å². The molecule has 2 fully saturated rings. The number of nitriles is 2. The molecular formula is C25H21F3N4O3. The smallest absolute Gasteiger partial charge is 0.360 e. The summed E-state index contributed by atoms with van der Waals surface area (Å²) in [6, 6.07) is 17.7. The minimum absolute atomic E-state index is 0.000300. The second-order valence-corrected chi connectivity index (χ2v) is 8.67. The summed E-state index contributed by atoms with van der Waals surface area (Å²) < 4.78 is 37.9. The molecule has 2 aromatic carbocycles. The average Bonchev–Trinajstić information content (AvgIpc) is 3.58. The molecule has 2 aromatic rings. The maximum absolute atomic E-state index is 12.9. The molecule has 180 valence electrons. The summed E-state index contributed by atoms with van der Waals surface area (Å²) in [6.07, 6.45) is -3.54. The predicted octanol–water partition coefficient (Wildman–Crippen LogP) is 3.97. The van der Waals surface area contributed by atoms with Crippen molar-refractivity contribution in [3.63, 3.8) is 0 Å². The lowest BCUT2D eigenvalue weighted by molar-refractivity contribution is -0.248. The van der Waals surface area contributed by atoms with Crippen LogP contribution in [-0.4, -0.2) is 41.2 Å². The molecule has 1 aliphatic carbocycles. The van der Waals surface area contributed by atoms with Crippen LogP contribution in [0.25, 0.3) is 11.1 Å². The van der Waals surface area contributed by atoms with Gasteiger partial charge in [0.15, 0.2) is 0 Å². The van der Waals surface area contributed by atoms with Gasteiger partial charge in [0.2, 0.25) is 5.91 Å². The van der Waals surface area contributed by atoms with Gasteiger partial charge in [-0.15, -0.1) is 5.06 Å². The van der Waals surface area contributed by atoms with Crippen LogP contribution in [0.4, 0.5) is 13.2 Å². The molecular weight excluding hydrogens is 461 g/mol. The molecule has 1 N–H and O–H groups in total. The molecule has 3 atom stereocenters. The SMILES string of the molecule is N#Cc1ccc(-c2ccc([C@@H]3C[C@@]3(C#N)NC(=O)[C@@H]3CCCCN3OC(=O)C(F)(F)F)cc2)cc1. The van der Waals surface area contributed by atoms with Crippen LogP contribution in [0.15, 0.2) is 48.5 Å². The fraction of sp³-hybridized carbons (Fsp3) is 0.360. The summed E-state index contributed by atoms with van der Waals surface area (Å²) in [5, 5.41) is 22.2. The fourth-order valence-corrected chi connectivity index (χ4v) is 4.34. The Kier molecular flexibility index (Phi) is 6.51. The van der Waals surface area contributed by atoms with Crippen molar-refractivity contribution in [1.82, 2.24) is 10.4 Å². The minimum Gasteiger partial charge on any atom is -0.360 e. The van der Waals surface area contributed by atoms with Crippen molar-refractivity contribution in [2.45, 2.75) is 49.4 Å². The second-order valence-electron chi connectivity index (χ2n) is 8.67. The average molecular weight is 482 g/mol. The third-order valence-electron chi connectivity index (χ3n) is 6.35. The molecule has 1 heterocycles. The van der Waals surface area contributed by atoms with E-state index in [1.54, 1.807) is 12.1 Å². The third-order valence-corrected chi connectivity index (χ3v) is 6.35. The fourth-order valence-electron chi connectivity index (χ4n) is 4.34. The Bertz CT molecular complexity index is 1200. The Morgan fingerprint density at radius 1 is 1.03 bits per heavy atom. The predicted molar refractivity (Wildman–Crippen MR) is 117 cm³/mol. The number of alkyl halides is 3. The first-order valence-electron chi connectivity index (χ1n) is 11.1. The van der Waals surface area contributed by atoms with Gasteiger partial charge in [-0.3, -0.25) is 4.79 Å². The number of nitrogens with one attached hydrogen (secondary N) is 1. The maximum Gasteiger partial charge on any atom is 0.492 e. The number of hydroxylamine groups is 2. The Morgan fingerprint density at radius 2 is 1.66 bits per heavy atom. The molecule has 0 bridgehead atoms. The van der Waals surface area contributed by atoms with E-state index in [4.69, 9.17) is 5.26 Å². The van der Waals surface area contributed by atoms with Gasteiger partial charge in [-0.1, -0.05) is 36.4 Å². The van der Waals surface area contributed by atoms with Gasteiger partial charge >= 0.3 is 12.1 Å². The molecule has 0 radical (unpaired) electrons. The van der Waals surface area contributed by atoms with Gasteiger partial charge in [0.05, 0.1) is 17.7 Å². The normalized spacial score (nSPS) is 24.0. The Hall–Kier alpha value is -3.89. The van der Waals surface area contributed by atoms with Crippen molar-refractivity contribution in [2.75, 3.05) is 6.54 Å². The Labute approximate surface area is 199 Å². The first-order valence-corrected chi connectivity index (χ1v) is 11.1. The van der Waals surface area contributed by atoms with Crippen LogP contribution < -0.4 is 5.32 Å². The number of rotatable bonds is 5. The second kappa shape index (κ2) is 9.40. The number of amides is 1. The molecule has 0 spiro atoms. The summed E-state index contributed by atoms with van der Waals surface area (Å²) in [5.41, 5.74) is 2.08. The summed E-state index contributed by atoms with van der Waals surface area (Å²) in [5.74, 6) is -3.29. The van der Waals surface area contributed by atoms with Crippen LogP contribution in [0.1, 0.15) is 42.7 Å². The van der Waals surface area contributed by atoms with Crippen molar-refractivity contribution in [2.24, 2.45) is 0 Å². The molecule has 10 heteroatoms. The first kappa shape index (κ1) is 24.2. The zero-order valence-electron chi connectivity index (χ0n) is 18.5. The minimum atomic E-state index is -5.17. The number of benzene rings is 2. The summed E-state index contributed by atoms with van der Waals surface area (Å²) >= 11 is 0. The van der Waals surface area contributed by atoms with Crippen LogP contribution in [0.2, 0.25) is 0 Å². The number of piperidine rings is 1. The van der Waals surface area contributed by atoms with Crippen molar-refractivity contribution in [3.05, 3.63) is 59.7 Å². The Morgan fingerprint density at radius 3 is 2.23 bits per heavy atom. The van der Waals surface area contributed by atoms with Crippen LogP contribution >= 0.6 is 0 Å². The topological polar surface area (TPSA) is 106 Å². The van der Waals surface area contributed by atoms with Gasteiger partial charge in [-0.2, -0.15) is 23.7 Å². The highest BCUT2D eigenvalue weighted by Gasteiger charge is 2.58. The standard InChI is InChI=1S/C25H21F3N4O3/c26-25(27,28)23(34)35-32-12-2-1-3-21(32)22(33)31-24(15-30)13-20(24)19-10-8-18(9-11-19)17-6-4-16(14-29)5-7-17/h4-11,20-21H,1-3,12-13H2,(H,31,33)/t20-,21-,24-/m0/s1. The van der Waals surface area contributed by atoms with E-state index >= 15 is 0 Å². The van der Waals surface area contributed by atoms with E-state index in [1.165, 1.54) is 0 Å². The van der Waals surface area contributed by atoms with Crippen LogP contribution in [-0.2, 0) is 14.4 Å². The number of nitrogens with zero attached hydrogens (tertiary/aromatic N) is 3. The molecule has 1 saturated carbocycles. The van der Waals surface area contributed by atoms with E-state index in [9.17, 15) is 28.0 Å². The monoisotopic (exact) mass is 482 g/mol. The Balaban J connectivity index is 1.43. The highest BCUT2D eigenvalue weighted by atomic mass is 19.4. The lowest BCUT2D eigenvalue weighted by Crippen LogP contribution is -2.53. The number of halogens is 3. The molecule has 0 unspecified atom stereocenters. The molecule has 2 aliphatic rings. The van der Waals surface area contributed by atoms with E-state index in [1.807, 2.05) is 36.4 Å². The largest absolute Gasteiger partial charge is 0.492 e. The molecule has 1 amide bonds. The van der Waals surface area contributed by atoms with Crippen molar-refractivity contribution >= 4 is 11.9 Å². The molecule has 35 heavy (non-hydrogen) atoms. The zero-order chi connectivity index (χ0) is 25.2. The number of carbonyl (C=O) groups excluding carboxylic acids is 2. The van der Waals surface area contributed by atoms with Gasteiger partial charge in [0.25, 0.3) is 0 Å². The maximum atomic E-state index is 12.9. The van der Waals surface area contributed by atoms with Crippen LogP contribution in [0.5, 0.6) is 0 Å². The highest BCUT2D eigenvalue weighted by molar-refractivity contribution is 5.84. The van der Waals surface area contributed by atoms with Crippen molar-refractivity contribution < 1.29 is 27.6 Å². The van der Waals surface area contributed by atoms with E-state index < -0.39 is 29.6 Å². The first-order chi connectivity index (χ1) is 16.7. The van der Waals surface area contributed by atoms with Crippen LogP contribution in [0, 0.1) is 22.7 Å². The van der Waals surface area contributed by atoms with Gasteiger partial charge in [-0.05, 0) is 54.5 Å². The van der Waals surface area contributed by atoms with Gasteiger partial charge in [0.1, 0.15) is 11.6 Å².